The number of anilines is 2. The van der Waals surface area contributed by atoms with Gasteiger partial charge in [0.1, 0.15) is 5.70 Å². The SMILES string of the molecule is Cc1ccc(N2C(=O)C(Nc3cc(Cl)ccc3C)=C(c3ccc(C)cc3C)C2=O)cc1. The lowest BCUT2D eigenvalue weighted by Gasteiger charge is -2.16. The zero-order valence-electron chi connectivity index (χ0n) is 17.9. The molecule has 31 heavy (non-hydrogen) atoms. The number of imide groups is 1. The molecule has 1 N–H and O–H groups in total. The van der Waals surface area contributed by atoms with Gasteiger partial charge in [-0.2, -0.15) is 0 Å². The van der Waals surface area contributed by atoms with Gasteiger partial charge in [0.25, 0.3) is 11.8 Å². The van der Waals surface area contributed by atoms with Crippen molar-refractivity contribution in [2.24, 2.45) is 0 Å². The standard InChI is InChI=1S/C26H23ClN2O2/c1-15-5-10-20(11-6-15)29-25(30)23(21-12-7-16(2)13-18(21)4)24(26(29)31)28-22-14-19(27)9-8-17(22)3/h5-14,28H,1-4H3. The second kappa shape index (κ2) is 8.05. The van der Waals surface area contributed by atoms with Crippen LogP contribution in [0.2, 0.25) is 5.02 Å². The lowest BCUT2D eigenvalue weighted by atomic mass is 9.97. The fourth-order valence-electron chi connectivity index (χ4n) is 3.78. The molecule has 0 spiro atoms. The number of carbonyl (C=O) groups excluding carboxylic acids is 2. The highest BCUT2D eigenvalue weighted by molar-refractivity contribution is 6.46. The van der Waals surface area contributed by atoms with Gasteiger partial charge in [0.05, 0.1) is 11.3 Å². The van der Waals surface area contributed by atoms with Crippen molar-refractivity contribution < 1.29 is 9.59 Å². The van der Waals surface area contributed by atoms with E-state index in [1.807, 2.05) is 64.1 Å². The summed E-state index contributed by atoms with van der Waals surface area (Å²) in [5.41, 5.74) is 6.59. The summed E-state index contributed by atoms with van der Waals surface area (Å²) < 4.78 is 0. The number of halogens is 1. The molecule has 0 saturated carbocycles. The second-order valence-electron chi connectivity index (χ2n) is 7.93. The molecule has 0 aromatic heterocycles. The largest absolute Gasteiger partial charge is 0.350 e. The Morgan fingerprint density at radius 2 is 1.42 bits per heavy atom. The van der Waals surface area contributed by atoms with Crippen molar-refractivity contribution in [2.45, 2.75) is 27.7 Å². The predicted molar refractivity (Wildman–Crippen MR) is 126 cm³/mol. The van der Waals surface area contributed by atoms with E-state index in [0.717, 1.165) is 27.8 Å². The van der Waals surface area contributed by atoms with Crippen LogP contribution in [0.1, 0.15) is 27.8 Å². The van der Waals surface area contributed by atoms with E-state index in [1.54, 1.807) is 24.3 Å². The molecule has 1 aliphatic heterocycles. The Labute approximate surface area is 187 Å². The second-order valence-corrected chi connectivity index (χ2v) is 8.37. The summed E-state index contributed by atoms with van der Waals surface area (Å²) in [4.78, 5) is 28.3. The molecule has 0 aliphatic carbocycles. The maximum Gasteiger partial charge on any atom is 0.282 e. The zero-order chi connectivity index (χ0) is 22.3. The van der Waals surface area contributed by atoms with E-state index in [0.29, 0.717) is 22.0 Å². The van der Waals surface area contributed by atoms with Gasteiger partial charge in [-0.15, -0.1) is 0 Å². The molecule has 0 fully saturated rings. The molecule has 0 unspecified atom stereocenters. The first-order valence-electron chi connectivity index (χ1n) is 10.1. The normalized spacial score (nSPS) is 13.9. The molecule has 5 heteroatoms. The van der Waals surface area contributed by atoms with E-state index < -0.39 is 0 Å². The summed E-state index contributed by atoms with van der Waals surface area (Å²) in [5, 5.41) is 3.76. The third-order valence-electron chi connectivity index (χ3n) is 5.49. The van der Waals surface area contributed by atoms with E-state index in [9.17, 15) is 9.59 Å². The Balaban J connectivity index is 1.88. The molecule has 156 valence electrons. The highest BCUT2D eigenvalue weighted by atomic mass is 35.5. The molecule has 0 saturated heterocycles. The predicted octanol–water partition coefficient (Wildman–Crippen LogP) is 5.97. The van der Waals surface area contributed by atoms with Crippen LogP contribution in [0.4, 0.5) is 11.4 Å². The number of nitrogens with one attached hydrogen (secondary N) is 1. The first-order valence-corrected chi connectivity index (χ1v) is 10.4. The molecule has 0 radical (unpaired) electrons. The minimum absolute atomic E-state index is 0.253. The van der Waals surface area contributed by atoms with Crippen LogP contribution >= 0.6 is 11.6 Å². The number of amides is 2. The van der Waals surface area contributed by atoms with Crippen molar-refractivity contribution in [3.05, 3.63) is 99.2 Å². The summed E-state index contributed by atoms with van der Waals surface area (Å²) in [5.74, 6) is -0.730. The Morgan fingerprint density at radius 1 is 0.742 bits per heavy atom. The molecule has 1 heterocycles. The molecule has 1 aliphatic rings. The Morgan fingerprint density at radius 3 is 2.10 bits per heavy atom. The van der Waals surface area contributed by atoms with Crippen LogP contribution in [0, 0.1) is 27.7 Å². The van der Waals surface area contributed by atoms with Gasteiger partial charge in [0.2, 0.25) is 0 Å². The van der Waals surface area contributed by atoms with Gasteiger partial charge in [-0.05, 0) is 68.7 Å². The molecular weight excluding hydrogens is 408 g/mol. The minimum Gasteiger partial charge on any atom is -0.350 e. The maximum absolute atomic E-state index is 13.6. The van der Waals surface area contributed by atoms with Crippen LogP contribution in [0.3, 0.4) is 0 Å². The summed E-state index contributed by atoms with van der Waals surface area (Å²) in [6.07, 6.45) is 0. The van der Waals surface area contributed by atoms with E-state index in [-0.39, 0.29) is 17.5 Å². The minimum atomic E-state index is -0.386. The molecule has 3 aromatic carbocycles. The number of hydrogen-bond donors (Lipinski definition) is 1. The quantitative estimate of drug-likeness (QED) is 0.518. The number of benzene rings is 3. The Hall–Kier alpha value is -3.37. The van der Waals surface area contributed by atoms with E-state index in [2.05, 4.69) is 5.32 Å². The van der Waals surface area contributed by atoms with Gasteiger partial charge in [-0.3, -0.25) is 9.59 Å². The van der Waals surface area contributed by atoms with Crippen LogP contribution in [-0.4, -0.2) is 11.8 Å². The van der Waals surface area contributed by atoms with Gasteiger partial charge in [-0.1, -0.05) is 59.1 Å². The molecule has 4 rings (SSSR count). The summed E-state index contributed by atoms with van der Waals surface area (Å²) >= 11 is 6.18. The Kier molecular flexibility index (Phi) is 5.42. The lowest BCUT2D eigenvalue weighted by Crippen LogP contribution is -2.32. The van der Waals surface area contributed by atoms with Gasteiger partial charge >= 0.3 is 0 Å². The van der Waals surface area contributed by atoms with Crippen molar-refractivity contribution in [1.82, 2.24) is 0 Å². The average Bonchev–Trinajstić information content (AvgIpc) is 2.96. The fourth-order valence-corrected chi connectivity index (χ4v) is 3.95. The highest BCUT2D eigenvalue weighted by Crippen LogP contribution is 2.36. The number of aryl methyl sites for hydroxylation is 4. The van der Waals surface area contributed by atoms with Crippen LogP contribution in [-0.2, 0) is 9.59 Å². The monoisotopic (exact) mass is 430 g/mol. The van der Waals surface area contributed by atoms with Crippen molar-refractivity contribution in [3.8, 4) is 0 Å². The van der Waals surface area contributed by atoms with Crippen LogP contribution in [0.15, 0.2) is 66.4 Å². The van der Waals surface area contributed by atoms with E-state index in [4.69, 9.17) is 11.6 Å². The summed E-state index contributed by atoms with van der Waals surface area (Å²) in [6, 6.07) is 18.6. The topological polar surface area (TPSA) is 49.4 Å². The molecule has 4 nitrogen and oxygen atoms in total. The van der Waals surface area contributed by atoms with Crippen LogP contribution in [0.5, 0.6) is 0 Å². The number of carbonyl (C=O) groups is 2. The van der Waals surface area contributed by atoms with Crippen LogP contribution in [0.25, 0.3) is 5.57 Å². The fraction of sp³-hybridized carbons (Fsp3) is 0.154. The average molecular weight is 431 g/mol. The molecule has 2 amide bonds. The molecule has 0 atom stereocenters. The van der Waals surface area contributed by atoms with Crippen LogP contribution < -0.4 is 10.2 Å². The smallest absolute Gasteiger partial charge is 0.282 e. The van der Waals surface area contributed by atoms with Crippen molar-refractivity contribution in [2.75, 3.05) is 10.2 Å². The molecule has 0 bridgehead atoms. The third-order valence-corrected chi connectivity index (χ3v) is 5.72. The Bertz CT molecular complexity index is 1240. The first kappa shape index (κ1) is 20.9. The van der Waals surface area contributed by atoms with E-state index >= 15 is 0 Å². The lowest BCUT2D eigenvalue weighted by molar-refractivity contribution is -0.120. The number of rotatable bonds is 4. The van der Waals surface area contributed by atoms with Gasteiger partial charge in [-0.25, -0.2) is 4.90 Å². The van der Waals surface area contributed by atoms with Crippen molar-refractivity contribution in [1.29, 1.82) is 0 Å². The first-order chi connectivity index (χ1) is 14.8. The zero-order valence-corrected chi connectivity index (χ0v) is 18.7. The molecular formula is C26H23ClN2O2. The van der Waals surface area contributed by atoms with Gasteiger partial charge in [0, 0.05) is 10.7 Å². The van der Waals surface area contributed by atoms with Gasteiger partial charge in [0.15, 0.2) is 0 Å². The summed E-state index contributed by atoms with van der Waals surface area (Å²) in [6.45, 7) is 7.84. The molecule has 3 aromatic rings. The van der Waals surface area contributed by atoms with Crippen molar-refractivity contribution in [3.63, 3.8) is 0 Å². The van der Waals surface area contributed by atoms with E-state index in [1.165, 1.54) is 4.90 Å². The highest BCUT2D eigenvalue weighted by Gasteiger charge is 2.40. The number of hydrogen-bond acceptors (Lipinski definition) is 3. The van der Waals surface area contributed by atoms with Crippen molar-refractivity contribution >= 4 is 40.4 Å². The number of nitrogens with zero attached hydrogens (tertiary/aromatic N) is 1. The summed E-state index contributed by atoms with van der Waals surface area (Å²) in [7, 11) is 0. The maximum atomic E-state index is 13.6. The van der Waals surface area contributed by atoms with Gasteiger partial charge < -0.3 is 5.32 Å². The third kappa shape index (κ3) is 3.87.